The molecule has 0 aliphatic heterocycles. The predicted octanol–water partition coefficient (Wildman–Crippen LogP) is 3.77. The number of aromatic nitrogens is 2. The second-order valence-electron chi connectivity index (χ2n) is 5.36. The Morgan fingerprint density at radius 3 is 2.08 bits per heavy atom. The topological polar surface area (TPSA) is 54.7 Å². The van der Waals surface area contributed by atoms with Crippen molar-refractivity contribution >= 4 is 22.5 Å². The zero-order chi connectivity index (χ0) is 18.0. The van der Waals surface area contributed by atoms with Crippen molar-refractivity contribution in [2.75, 3.05) is 28.4 Å². The molecule has 0 unspecified atom stereocenters. The summed E-state index contributed by atoms with van der Waals surface area (Å²) in [7, 11) is 6.41. The Morgan fingerprint density at radius 1 is 0.840 bits per heavy atom. The second kappa shape index (κ2) is 7.11. The predicted molar refractivity (Wildman–Crippen MR) is 96.5 cm³/mol. The molecule has 0 saturated carbocycles. The number of methoxy groups -OCH3 is 4. The number of fused-ring (bicyclic) bond motifs is 1. The van der Waals surface area contributed by atoms with Crippen molar-refractivity contribution in [1.82, 2.24) is 9.78 Å². The highest BCUT2D eigenvalue weighted by atomic mass is 35.5. The van der Waals surface area contributed by atoms with Crippen LogP contribution in [-0.2, 0) is 6.54 Å². The fourth-order valence-corrected chi connectivity index (χ4v) is 2.98. The Balaban J connectivity index is 2.04. The normalized spacial score (nSPS) is 10.8. The fraction of sp³-hybridized carbons (Fsp3) is 0.278. The Labute approximate surface area is 150 Å². The summed E-state index contributed by atoms with van der Waals surface area (Å²) in [5.74, 6) is 2.59. The van der Waals surface area contributed by atoms with Gasteiger partial charge in [-0.1, -0.05) is 17.7 Å². The van der Waals surface area contributed by atoms with Gasteiger partial charge in [0.05, 0.1) is 40.5 Å². The molecule has 0 aliphatic carbocycles. The van der Waals surface area contributed by atoms with E-state index in [0.717, 1.165) is 16.5 Å². The lowest BCUT2D eigenvalue weighted by atomic mass is 10.2. The molecule has 0 aliphatic rings. The summed E-state index contributed by atoms with van der Waals surface area (Å²) >= 11 is 6.30. The maximum atomic E-state index is 6.30. The quantitative estimate of drug-likeness (QED) is 0.668. The molecule has 7 heteroatoms. The van der Waals surface area contributed by atoms with Gasteiger partial charge in [0.25, 0.3) is 0 Å². The average molecular weight is 363 g/mol. The molecular formula is C18H19ClN2O4. The van der Waals surface area contributed by atoms with Crippen LogP contribution in [-0.4, -0.2) is 38.2 Å². The van der Waals surface area contributed by atoms with Crippen LogP contribution in [0.2, 0.25) is 5.15 Å². The van der Waals surface area contributed by atoms with Crippen molar-refractivity contribution in [1.29, 1.82) is 0 Å². The van der Waals surface area contributed by atoms with E-state index in [4.69, 9.17) is 30.5 Å². The summed E-state index contributed by atoms with van der Waals surface area (Å²) in [5, 5.41) is 5.65. The lowest BCUT2D eigenvalue weighted by Gasteiger charge is -2.11. The van der Waals surface area contributed by atoms with Crippen LogP contribution in [0.5, 0.6) is 23.0 Å². The van der Waals surface area contributed by atoms with Crippen LogP contribution in [0.25, 0.3) is 10.9 Å². The molecular weight excluding hydrogens is 344 g/mol. The van der Waals surface area contributed by atoms with Crippen LogP contribution in [0.15, 0.2) is 30.3 Å². The third kappa shape index (κ3) is 3.17. The Kier molecular flexibility index (Phi) is 4.90. The van der Waals surface area contributed by atoms with Gasteiger partial charge in [-0.2, -0.15) is 5.10 Å². The molecule has 0 fully saturated rings. The summed E-state index contributed by atoms with van der Waals surface area (Å²) in [6.45, 7) is 0.527. The van der Waals surface area contributed by atoms with Crippen molar-refractivity contribution < 1.29 is 18.9 Å². The summed E-state index contributed by atoms with van der Waals surface area (Å²) in [4.78, 5) is 0. The standard InChI is InChI=1S/C18H19ClN2O4/c1-22-14-6-5-11(7-15(14)23-2)10-21-13-9-17(25-4)16(24-3)8-12(13)18(19)20-21/h5-9H,10H2,1-4H3. The van der Waals surface area contributed by atoms with Gasteiger partial charge in [-0.25, -0.2) is 0 Å². The maximum Gasteiger partial charge on any atom is 0.162 e. The maximum absolute atomic E-state index is 6.30. The number of halogens is 1. The first-order chi connectivity index (χ1) is 12.1. The molecule has 1 heterocycles. The third-order valence-electron chi connectivity index (χ3n) is 3.99. The molecule has 0 radical (unpaired) electrons. The molecule has 0 atom stereocenters. The fourth-order valence-electron chi connectivity index (χ4n) is 2.73. The summed E-state index contributed by atoms with van der Waals surface area (Å²) < 4.78 is 23.2. The largest absolute Gasteiger partial charge is 0.493 e. The molecule has 1 aromatic heterocycles. The first-order valence-electron chi connectivity index (χ1n) is 7.60. The van der Waals surface area contributed by atoms with Crippen LogP contribution in [0.4, 0.5) is 0 Å². The van der Waals surface area contributed by atoms with E-state index in [2.05, 4.69) is 5.10 Å². The van der Waals surface area contributed by atoms with Crippen LogP contribution in [0, 0.1) is 0 Å². The van der Waals surface area contributed by atoms with Gasteiger partial charge in [0.1, 0.15) is 0 Å². The molecule has 3 rings (SSSR count). The zero-order valence-corrected chi connectivity index (χ0v) is 15.3. The first kappa shape index (κ1) is 17.2. The van der Waals surface area contributed by atoms with E-state index < -0.39 is 0 Å². The highest BCUT2D eigenvalue weighted by molar-refractivity contribution is 6.34. The van der Waals surface area contributed by atoms with Gasteiger partial charge >= 0.3 is 0 Å². The van der Waals surface area contributed by atoms with E-state index in [0.29, 0.717) is 34.7 Å². The molecule has 25 heavy (non-hydrogen) atoms. The SMILES string of the molecule is COc1ccc(Cn2nc(Cl)c3cc(OC)c(OC)cc32)cc1OC. The summed E-state index contributed by atoms with van der Waals surface area (Å²) in [5.41, 5.74) is 1.87. The number of nitrogens with zero attached hydrogens (tertiary/aromatic N) is 2. The molecule has 2 aromatic carbocycles. The molecule has 0 spiro atoms. The van der Waals surface area contributed by atoms with Gasteiger partial charge in [0.2, 0.25) is 0 Å². The number of rotatable bonds is 6. The average Bonchev–Trinajstić information content (AvgIpc) is 2.95. The van der Waals surface area contributed by atoms with Gasteiger partial charge in [-0.05, 0) is 23.8 Å². The Morgan fingerprint density at radius 2 is 1.44 bits per heavy atom. The number of ether oxygens (including phenoxy) is 4. The minimum Gasteiger partial charge on any atom is -0.493 e. The lowest BCUT2D eigenvalue weighted by molar-refractivity contribution is 0.354. The van der Waals surface area contributed by atoms with Crippen molar-refractivity contribution in [3.05, 3.63) is 41.0 Å². The summed E-state index contributed by atoms with van der Waals surface area (Å²) in [6, 6.07) is 9.44. The van der Waals surface area contributed by atoms with Crippen molar-refractivity contribution in [3.8, 4) is 23.0 Å². The van der Waals surface area contributed by atoms with Crippen LogP contribution < -0.4 is 18.9 Å². The van der Waals surface area contributed by atoms with E-state index >= 15 is 0 Å². The van der Waals surface area contributed by atoms with Crippen molar-refractivity contribution in [2.24, 2.45) is 0 Å². The first-order valence-corrected chi connectivity index (χ1v) is 7.98. The molecule has 0 amide bonds. The van der Waals surface area contributed by atoms with Crippen LogP contribution in [0.3, 0.4) is 0 Å². The minimum absolute atomic E-state index is 0.413. The lowest BCUT2D eigenvalue weighted by Crippen LogP contribution is -2.02. The number of hydrogen-bond acceptors (Lipinski definition) is 5. The molecule has 132 valence electrons. The van der Waals surface area contributed by atoms with E-state index in [1.165, 1.54) is 0 Å². The van der Waals surface area contributed by atoms with E-state index in [1.54, 1.807) is 28.4 Å². The number of benzene rings is 2. The highest BCUT2D eigenvalue weighted by Gasteiger charge is 2.15. The zero-order valence-electron chi connectivity index (χ0n) is 14.5. The van der Waals surface area contributed by atoms with E-state index in [9.17, 15) is 0 Å². The van der Waals surface area contributed by atoms with E-state index in [1.807, 2.05) is 35.0 Å². The van der Waals surface area contributed by atoms with Gasteiger partial charge < -0.3 is 18.9 Å². The van der Waals surface area contributed by atoms with Gasteiger partial charge in [0, 0.05) is 11.5 Å². The Bertz CT molecular complexity index is 908. The van der Waals surface area contributed by atoms with Crippen LogP contribution in [0.1, 0.15) is 5.56 Å². The second-order valence-corrected chi connectivity index (χ2v) is 5.72. The van der Waals surface area contributed by atoms with Crippen molar-refractivity contribution in [3.63, 3.8) is 0 Å². The smallest absolute Gasteiger partial charge is 0.162 e. The Hall–Kier alpha value is -2.60. The summed E-state index contributed by atoms with van der Waals surface area (Å²) in [6.07, 6.45) is 0. The third-order valence-corrected chi connectivity index (χ3v) is 4.27. The molecule has 6 nitrogen and oxygen atoms in total. The number of hydrogen-bond donors (Lipinski definition) is 0. The molecule has 3 aromatic rings. The van der Waals surface area contributed by atoms with E-state index in [-0.39, 0.29) is 0 Å². The van der Waals surface area contributed by atoms with Crippen LogP contribution >= 0.6 is 11.6 Å². The molecule has 0 saturated heterocycles. The van der Waals surface area contributed by atoms with Crippen molar-refractivity contribution in [2.45, 2.75) is 6.54 Å². The van der Waals surface area contributed by atoms with Gasteiger partial charge in [0.15, 0.2) is 28.2 Å². The molecule has 0 N–H and O–H groups in total. The molecule has 0 bridgehead atoms. The van der Waals surface area contributed by atoms with Gasteiger partial charge in [-0.3, -0.25) is 4.68 Å². The minimum atomic E-state index is 0.413. The highest BCUT2D eigenvalue weighted by Crippen LogP contribution is 2.35. The monoisotopic (exact) mass is 362 g/mol. The van der Waals surface area contributed by atoms with Gasteiger partial charge in [-0.15, -0.1) is 0 Å².